The van der Waals surface area contributed by atoms with Crippen LogP contribution in [0.1, 0.15) is 63.1 Å². The summed E-state index contributed by atoms with van der Waals surface area (Å²) >= 11 is 0. The van der Waals surface area contributed by atoms with Gasteiger partial charge in [0.05, 0.1) is 5.25 Å². The van der Waals surface area contributed by atoms with Gasteiger partial charge in [0.1, 0.15) is 17.5 Å². The second-order valence-corrected chi connectivity index (χ2v) is 9.46. The molecule has 1 aromatic carbocycles. The Morgan fingerprint density at radius 1 is 1.16 bits per heavy atom. The SMILES string of the molecule is CC(C)c1oc(C2CCCN2S(=O)(=O)C2CC2)nc1-c1ccccc1. The number of benzene rings is 1. The zero-order valence-corrected chi connectivity index (χ0v) is 15.5. The van der Waals surface area contributed by atoms with Gasteiger partial charge < -0.3 is 4.42 Å². The minimum Gasteiger partial charge on any atom is -0.443 e. The highest BCUT2D eigenvalue weighted by molar-refractivity contribution is 7.90. The van der Waals surface area contributed by atoms with E-state index in [1.165, 1.54) is 0 Å². The normalized spacial score (nSPS) is 22.0. The first-order chi connectivity index (χ1) is 12.0. The number of oxazole rings is 1. The fourth-order valence-electron chi connectivity index (χ4n) is 3.53. The van der Waals surface area contributed by atoms with Gasteiger partial charge in [0, 0.05) is 18.0 Å². The molecule has 6 heteroatoms. The summed E-state index contributed by atoms with van der Waals surface area (Å²) in [5.74, 6) is 1.56. The van der Waals surface area contributed by atoms with Gasteiger partial charge >= 0.3 is 0 Å². The largest absolute Gasteiger partial charge is 0.443 e. The van der Waals surface area contributed by atoms with Gasteiger partial charge in [-0.3, -0.25) is 0 Å². The molecule has 1 aliphatic carbocycles. The fourth-order valence-corrected chi connectivity index (χ4v) is 5.58. The van der Waals surface area contributed by atoms with Gasteiger partial charge in [0.2, 0.25) is 15.9 Å². The Labute approximate surface area is 149 Å². The number of sulfonamides is 1. The average molecular weight is 360 g/mol. The van der Waals surface area contributed by atoms with Gasteiger partial charge in [0.15, 0.2) is 0 Å². The summed E-state index contributed by atoms with van der Waals surface area (Å²) in [6.07, 6.45) is 3.20. The summed E-state index contributed by atoms with van der Waals surface area (Å²) in [4.78, 5) is 4.75. The molecule has 0 amide bonds. The van der Waals surface area contributed by atoms with Crippen LogP contribution in [0.4, 0.5) is 0 Å². The Kier molecular flexibility index (Phi) is 4.20. The third kappa shape index (κ3) is 3.02. The summed E-state index contributed by atoms with van der Waals surface area (Å²) in [6, 6.07) is 9.70. The maximum Gasteiger partial charge on any atom is 0.217 e. The van der Waals surface area contributed by atoms with Crippen LogP contribution in [0.15, 0.2) is 34.7 Å². The van der Waals surface area contributed by atoms with Gasteiger partial charge in [-0.2, -0.15) is 4.31 Å². The minimum absolute atomic E-state index is 0.186. The topological polar surface area (TPSA) is 63.4 Å². The maximum atomic E-state index is 12.7. The van der Waals surface area contributed by atoms with Crippen molar-refractivity contribution in [1.82, 2.24) is 9.29 Å². The van der Waals surface area contributed by atoms with E-state index < -0.39 is 10.0 Å². The van der Waals surface area contributed by atoms with Crippen molar-refractivity contribution in [3.63, 3.8) is 0 Å². The van der Waals surface area contributed by atoms with Crippen LogP contribution < -0.4 is 0 Å². The van der Waals surface area contributed by atoms with Crippen molar-refractivity contribution in [2.24, 2.45) is 0 Å². The molecular weight excluding hydrogens is 336 g/mol. The maximum absolute atomic E-state index is 12.7. The molecule has 1 aliphatic heterocycles. The van der Waals surface area contributed by atoms with E-state index in [0.717, 1.165) is 42.7 Å². The Morgan fingerprint density at radius 3 is 2.52 bits per heavy atom. The Morgan fingerprint density at radius 2 is 1.88 bits per heavy atom. The van der Waals surface area contributed by atoms with Crippen LogP contribution in [-0.4, -0.2) is 29.5 Å². The summed E-state index contributed by atoms with van der Waals surface area (Å²) in [7, 11) is -3.22. The number of nitrogens with zero attached hydrogens (tertiary/aromatic N) is 2. The third-order valence-corrected chi connectivity index (χ3v) is 7.41. The Bertz CT molecular complexity index is 854. The first kappa shape index (κ1) is 16.8. The first-order valence-electron chi connectivity index (χ1n) is 9.05. The first-order valence-corrected chi connectivity index (χ1v) is 10.6. The van der Waals surface area contributed by atoms with Crippen molar-refractivity contribution in [3.8, 4) is 11.3 Å². The van der Waals surface area contributed by atoms with Crippen LogP contribution in [0.3, 0.4) is 0 Å². The standard InChI is InChI=1S/C19H24N2O3S/c1-13(2)18-17(14-7-4-3-5-8-14)20-19(24-18)16-9-6-12-21(16)25(22,23)15-10-11-15/h3-5,7-8,13,15-16H,6,9-12H2,1-2H3. The molecule has 1 atom stereocenters. The number of hydrogen-bond acceptors (Lipinski definition) is 4. The molecule has 0 N–H and O–H groups in total. The molecule has 0 bridgehead atoms. The van der Waals surface area contributed by atoms with Gasteiger partial charge in [-0.05, 0) is 25.7 Å². The number of aromatic nitrogens is 1. The van der Waals surface area contributed by atoms with Crippen LogP contribution >= 0.6 is 0 Å². The predicted octanol–water partition coefficient (Wildman–Crippen LogP) is 4.09. The molecule has 2 fully saturated rings. The zero-order valence-electron chi connectivity index (χ0n) is 14.7. The summed E-state index contributed by atoms with van der Waals surface area (Å²) in [5.41, 5.74) is 1.84. The van der Waals surface area contributed by atoms with E-state index in [2.05, 4.69) is 13.8 Å². The molecular formula is C19H24N2O3S. The molecule has 1 saturated heterocycles. The van der Waals surface area contributed by atoms with Crippen LogP contribution in [-0.2, 0) is 10.0 Å². The summed E-state index contributed by atoms with van der Waals surface area (Å²) in [6.45, 7) is 4.72. The lowest BCUT2D eigenvalue weighted by Crippen LogP contribution is -2.33. The minimum atomic E-state index is -3.22. The van der Waals surface area contributed by atoms with Crippen molar-refractivity contribution in [2.45, 2.75) is 56.7 Å². The second-order valence-electron chi connectivity index (χ2n) is 7.30. The second kappa shape index (κ2) is 6.25. The molecule has 25 heavy (non-hydrogen) atoms. The highest BCUT2D eigenvalue weighted by atomic mass is 32.2. The average Bonchev–Trinajstić information content (AvgIpc) is 3.18. The van der Waals surface area contributed by atoms with E-state index in [4.69, 9.17) is 9.40 Å². The molecule has 1 aromatic heterocycles. The van der Waals surface area contributed by atoms with E-state index in [1.54, 1.807) is 4.31 Å². The van der Waals surface area contributed by atoms with Crippen molar-refractivity contribution >= 4 is 10.0 Å². The summed E-state index contributed by atoms with van der Waals surface area (Å²) < 4.78 is 33.2. The highest BCUT2D eigenvalue weighted by Gasteiger charge is 2.46. The van der Waals surface area contributed by atoms with Gasteiger partial charge in [-0.15, -0.1) is 0 Å². The number of hydrogen-bond donors (Lipinski definition) is 0. The Hall–Kier alpha value is -1.66. The van der Waals surface area contributed by atoms with Crippen molar-refractivity contribution in [2.75, 3.05) is 6.54 Å². The molecule has 5 nitrogen and oxygen atoms in total. The van der Waals surface area contributed by atoms with E-state index in [9.17, 15) is 8.42 Å². The molecule has 1 unspecified atom stereocenters. The number of rotatable bonds is 5. The lowest BCUT2D eigenvalue weighted by Gasteiger charge is -2.21. The van der Waals surface area contributed by atoms with Crippen LogP contribution in [0.2, 0.25) is 0 Å². The molecule has 0 spiro atoms. The highest BCUT2D eigenvalue weighted by Crippen LogP contribution is 2.42. The smallest absolute Gasteiger partial charge is 0.217 e. The molecule has 0 radical (unpaired) electrons. The van der Waals surface area contributed by atoms with Gasteiger partial charge in [-0.25, -0.2) is 13.4 Å². The van der Waals surface area contributed by atoms with Crippen molar-refractivity contribution in [1.29, 1.82) is 0 Å². The lowest BCUT2D eigenvalue weighted by molar-refractivity contribution is 0.317. The molecule has 134 valence electrons. The molecule has 4 rings (SSSR count). The van der Waals surface area contributed by atoms with Gasteiger partial charge in [0.25, 0.3) is 0 Å². The van der Waals surface area contributed by atoms with Gasteiger partial charge in [-0.1, -0.05) is 44.2 Å². The predicted molar refractivity (Wildman–Crippen MR) is 96.7 cm³/mol. The van der Waals surface area contributed by atoms with Crippen LogP contribution in [0, 0.1) is 0 Å². The van der Waals surface area contributed by atoms with E-state index >= 15 is 0 Å². The summed E-state index contributed by atoms with van der Waals surface area (Å²) in [5, 5.41) is -0.193. The van der Waals surface area contributed by atoms with Crippen LogP contribution in [0.25, 0.3) is 11.3 Å². The van der Waals surface area contributed by atoms with E-state index in [0.29, 0.717) is 12.4 Å². The molecule has 1 saturated carbocycles. The van der Waals surface area contributed by atoms with Crippen molar-refractivity contribution in [3.05, 3.63) is 42.0 Å². The van der Waals surface area contributed by atoms with Crippen molar-refractivity contribution < 1.29 is 12.8 Å². The molecule has 2 aromatic rings. The van der Waals surface area contributed by atoms with E-state index in [-0.39, 0.29) is 17.2 Å². The third-order valence-electron chi connectivity index (χ3n) is 5.00. The monoisotopic (exact) mass is 360 g/mol. The van der Waals surface area contributed by atoms with Crippen LogP contribution in [0.5, 0.6) is 0 Å². The Balaban J connectivity index is 1.73. The quantitative estimate of drug-likeness (QED) is 0.805. The molecule has 2 heterocycles. The lowest BCUT2D eigenvalue weighted by atomic mass is 10.0. The zero-order chi connectivity index (χ0) is 17.6. The molecule has 2 aliphatic rings. The van der Waals surface area contributed by atoms with E-state index in [1.807, 2.05) is 30.3 Å². The fraction of sp³-hybridized carbons (Fsp3) is 0.526.